The number of methoxy groups -OCH3 is 1. The number of hydrogen-bond acceptors (Lipinski definition) is 2. The number of likely N-dealkylation sites (tertiary alicyclic amines) is 1. The van der Waals surface area contributed by atoms with Gasteiger partial charge in [0.15, 0.2) is 0 Å². The molecule has 0 aliphatic carbocycles. The lowest BCUT2D eigenvalue weighted by Gasteiger charge is -2.24. The molecule has 1 fully saturated rings. The number of rotatable bonds is 2. The van der Waals surface area contributed by atoms with E-state index in [-0.39, 0.29) is 0 Å². The molecular formula is C15H25NO. The summed E-state index contributed by atoms with van der Waals surface area (Å²) >= 11 is 0. The lowest BCUT2D eigenvalue weighted by Crippen LogP contribution is -2.32. The summed E-state index contributed by atoms with van der Waals surface area (Å²) in [7, 11) is 3.85. The maximum Gasteiger partial charge on any atom is 0.119 e. The predicted molar refractivity (Wildman–Crippen MR) is 73.9 cm³/mol. The van der Waals surface area contributed by atoms with Crippen molar-refractivity contribution in [1.29, 1.82) is 0 Å². The molecular weight excluding hydrogens is 210 g/mol. The third kappa shape index (κ3) is 4.39. The first-order chi connectivity index (χ1) is 8.04. The molecule has 0 spiro atoms. The van der Waals surface area contributed by atoms with E-state index in [0.29, 0.717) is 5.92 Å². The van der Waals surface area contributed by atoms with Gasteiger partial charge in [0.2, 0.25) is 0 Å². The zero-order valence-corrected chi connectivity index (χ0v) is 11.8. The van der Waals surface area contributed by atoms with Gasteiger partial charge >= 0.3 is 0 Å². The van der Waals surface area contributed by atoms with Crippen LogP contribution in [0.2, 0.25) is 0 Å². The van der Waals surface area contributed by atoms with Crippen LogP contribution < -0.4 is 4.74 Å². The van der Waals surface area contributed by atoms with Crippen molar-refractivity contribution in [1.82, 2.24) is 4.90 Å². The highest BCUT2D eigenvalue weighted by atomic mass is 16.5. The van der Waals surface area contributed by atoms with E-state index >= 15 is 0 Å². The quantitative estimate of drug-likeness (QED) is 0.778. The van der Waals surface area contributed by atoms with Gasteiger partial charge in [0.1, 0.15) is 5.75 Å². The first-order valence-corrected chi connectivity index (χ1v) is 6.37. The molecule has 0 unspecified atom stereocenters. The molecule has 0 bridgehead atoms. The zero-order valence-electron chi connectivity index (χ0n) is 11.8. The Morgan fingerprint density at radius 2 is 1.82 bits per heavy atom. The maximum absolute atomic E-state index is 5.16. The molecule has 1 aliphatic rings. The maximum atomic E-state index is 5.16. The van der Waals surface area contributed by atoms with E-state index in [9.17, 15) is 0 Å². The molecule has 1 aliphatic heterocycles. The standard InChI is InChI=1S/C11H16O.C4H9N/c1-8(2)11-7-10(12-4)6-5-9(11)3;1-5-3-2-4-5/h5-8H,1-4H3;2-4H2,1H3. The molecule has 1 aromatic rings. The molecule has 1 aromatic carbocycles. The average Bonchev–Trinajstić information content (AvgIpc) is 2.27. The van der Waals surface area contributed by atoms with Gasteiger partial charge in [0.25, 0.3) is 0 Å². The summed E-state index contributed by atoms with van der Waals surface area (Å²) in [5.74, 6) is 1.52. The minimum Gasteiger partial charge on any atom is -0.497 e. The van der Waals surface area contributed by atoms with Crippen LogP contribution in [0.3, 0.4) is 0 Å². The Bertz CT molecular complexity index is 343. The number of aryl methyl sites for hydroxylation is 1. The Morgan fingerprint density at radius 3 is 2.18 bits per heavy atom. The second-order valence-corrected chi connectivity index (χ2v) is 5.03. The van der Waals surface area contributed by atoms with E-state index in [0.717, 1.165) is 5.75 Å². The van der Waals surface area contributed by atoms with Gasteiger partial charge in [-0.1, -0.05) is 19.9 Å². The van der Waals surface area contributed by atoms with Gasteiger partial charge in [0, 0.05) is 0 Å². The van der Waals surface area contributed by atoms with Crippen molar-refractivity contribution in [3.8, 4) is 5.75 Å². The van der Waals surface area contributed by atoms with Crippen LogP contribution in [0.5, 0.6) is 5.75 Å². The predicted octanol–water partition coefficient (Wildman–Crippen LogP) is 3.45. The van der Waals surface area contributed by atoms with E-state index in [1.54, 1.807) is 7.11 Å². The summed E-state index contributed by atoms with van der Waals surface area (Å²) in [6, 6.07) is 6.22. The summed E-state index contributed by atoms with van der Waals surface area (Å²) in [6.07, 6.45) is 1.41. The van der Waals surface area contributed by atoms with E-state index < -0.39 is 0 Å². The van der Waals surface area contributed by atoms with E-state index in [1.165, 1.54) is 30.6 Å². The molecule has 0 saturated carbocycles. The van der Waals surface area contributed by atoms with Gasteiger partial charge in [-0.15, -0.1) is 0 Å². The minimum atomic E-state index is 0.570. The van der Waals surface area contributed by atoms with E-state index in [2.05, 4.69) is 44.9 Å². The van der Waals surface area contributed by atoms with Crippen molar-refractivity contribution in [2.24, 2.45) is 0 Å². The van der Waals surface area contributed by atoms with E-state index in [1.807, 2.05) is 6.07 Å². The average molecular weight is 235 g/mol. The smallest absolute Gasteiger partial charge is 0.119 e. The number of hydrogen-bond donors (Lipinski definition) is 0. The lowest BCUT2D eigenvalue weighted by atomic mass is 9.98. The molecule has 2 rings (SSSR count). The van der Waals surface area contributed by atoms with Gasteiger partial charge < -0.3 is 9.64 Å². The van der Waals surface area contributed by atoms with Crippen molar-refractivity contribution in [2.75, 3.05) is 27.2 Å². The molecule has 96 valence electrons. The largest absolute Gasteiger partial charge is 0.497 e. The van der Waals surface area contributed by atoms with Crippen LogP contribution in [0, 0.1) is 6.92 Å². The van der Waals surface area contributed by atoms with Gasteiger partial charge in [-0.05, 0) is 62.7 Å². The van der Waals surface area contributed by atoms with Gasteiger partial charge in [0.05, 0.1) is 7.11 Å². The minimum absolute atomic E-state index is 0.570. The van der Waals surface area contributed by atoms with Crippen LogP contribution in [0.1, 0.15) is 37.3 Å². The highest BCUT2D eigenvalue weighted by Gasteiger charge is 2.05. The van der Waals surface area contributed by atoms with Crippen molar-refractivity contribution in [3.63, 3.8) is 0 Å². The van der Waals surface area contributed by atoms with Crippen molar-refractivity contribution in [2.45, 2.75) is 33.1 Å². The van der Waals surface area contributed by atoms with Gasteiger partial charge in [-0.25, -0.2) is 0 Å². The van der Waals surface area contributed by atoms with Gasteiger partial charge in [-0.3, -0.25) is 0 Å². The van der Waals surface area contributed by atoms with Crippen LogP contribution in [0.15, 0.2) is 18.2 Å². The molecule has 2 heteroatoms. The third-order valence-electron chi connectivity index (χ3n) is 3.19. The SMILES string of the molecule is CN1CCC1.COc1ccc(C)c(C(C)C)c1. The summed E-state index contributed by atoms with van der Waals surface area (Å²) in [5, 5.41) is 0. The van der Waals surface area contributed by atoms with Crippen LogP contribution in [-0.4, -0.2) is 32.1 Å². The molecule has 0 radical (unpaired) electrons. The molecule has 2 nitrogen and oxygen atoms in total. The topological polar surface area (TPSA) is 12.5 Å². The second-order valence-electron chi connectivity index (χ2n) is 5.03. The highest BCUT2D eigenvalue weighted by molar-refractivity contribution is 5.36. The van der Waals surface area contributed by atoms with Crippen LogP contribution in [0.4, 0.5) is 0 Å². The number of ether oxygens (including phenoxy) is 1. The fourth-order valence-corrected chi connectivity index (χ4v) is 1.84. The monoisotopic (exact) mass is 235 g/mol. The molecule has 1 saturated heterocycles. The third-order valence-corrected chi connectivity index (χ3v) is 3.19. The molecule has 17 heavy (non-hydrogen) atoms. The fraction of sp³-hybridized carbons (Fsp3) is 0.600. The zero-order chi connectivity index (χ0) is 12.8. The number of nitrogens with zero attached hydrogens (tertiary/aromatic N) is 1. The highest BCUT2D eigenvalue weighted by Crippen LogP contribution is 2.23. The van der Waals surface area contributed by atoms with Gasteiger partial charge in [-0.2, -0.15) is 0 Å². The van der Waals surface area contributed by atoms with Crippen LogP contribution in [0.25, 0.3) is 0 Å². The number of benzene rings is 1. The molecule has 0 amide bonds. The first-order valence-electron chi connectivity index (χ1n) is 6.37. The Balaban J connectivity index is 0.000000239. The Hall–Kier alpha value is -1.02. The van der Waals surface area contributed by atoms with Crippen LogP contribution >= 0.6 is 0 Å². The molecule has 1 heterocycles. The molecule has 0 aromatic heterocycles. The normalized spacial score (nSPS) is 14.9. The Morgan fingerprint density at radius 1 is 1.24 bits per heavy atom. The summed E-state index contributed by atoms with van der Waals surface area (Å²) in [6.45, 7) is 9.17. The van der Waals surface area contributed by atoms with Crippen molar-refractivity contribution in [3.05, 3.63) is 29.3 Å². The first kappa shape index (κ1) is 14.0. The van der Waals surface area contributed by atoms with Crippen molar-refractivity contribution >= 4 is 0 Å². The molecule has 0 atom stereocenters. The summed E-state index contributed by atoms with van der Waals surface area (Å²) in [5.41, 5.74) is 2.71. The lowest BCUT2D eigenvalue weighted by molar-refractivity contribution is 0.229. The van der Waals surface area contributed by atoms with Crippen LogP contribution in [-0.2, 0) is 0 Å². The van der Waals surface area contributed by atoms with E-state index in [4.69, 9.17) is 4.74 Å². The second kappa shape index (κ2) is 6.65. The Labute approximate surface area is 106 Å². The van der Waals surface area contributed by atoms with Crippen molar-refractivity contribution < 1.29 is 4.74 Å². The molecule has 0 N–H and O–H groups in total. The summed E-state index contributed by atoms with van der Waals surface area (Å²) < 4.78 is 5.16. The summed E-state index contributed by atoms with van der Waals surface area (Å²) in [4.78, 5) is 2.31. The fourth-order valence-electron chi connectivity index (χ4n) is 1.84. The Kier molecular flexibility index (Phi) is 5.49.